The Labute approximate surface area is 237 Å². The first-order valence-corrected chi connectivity index (χ1v) is 16.5. The fraction of sp³-hybridized carbons (Fsp3) is 1.00. The third kappa shape index (κ3) is 8.05. The Hall–Kier alpha value is 0.0569. The summed E-state index contributed by atoms with van der Waals surface area (Å²) < 4.78 is 11.9. The van der Waals surface area contributed by atoms with Gasteiger partial charge in [0.05, 0.1) is 0 Å². The summed E-state index contributed by atoms with van der Waals surface area (Å²) in [7, 11) is -3.06. The highest BCUT2D eigenvalue weighted by Gasteiger charge is 2.72. The van der Waals surface area contributed by atoms with Crippen LogP contribution in [0.2, 0.25) is 0 Å². The predicted octanol–water partition coefficient (Wildman–Crippen LogP) is 9.02. The summed E-state index contributed by atoms with van der Waals surface area (Å²) in [6, 6.07) is 0. The zero-order valence-corrected chi connectivity index (χ0v) is 31.3. The largest absolute Gasteiger partial charge is 0.380 e. The lowest BCUT2D eigenvalue weighted by molar-refractivity contribution is -0.0670. The lowest BCUT2D eigenvalue weighted by atomic mass is 10.00. The van der Waals surface area contributed by atoms with Crippen molar-refractivity contribution >= 4 is 8.72 Å². The van der Waals surface area contributed by atoms with E-state index in [9.17, 15) is 0 Å². The normalized spacial score (nSPS) is 16.5. The SMILES string of the molecule is CC(C)(C)N(C(C)(C)C)[Si](N(C(C)(C)C)C(C)(C)C)(N(C(C)(C)C)C(C)(C)C)N(C(C)(C)C)C(C)(C)C. The average molecular weight is 541 g/mol. The fourth-order valence-electron chi connectivity index (χ4n) is 8.22. The smallest absolute Gasteiger partial charge is 0.277 e. The molecule has 0 radical (unpaired) electrons. The highest BCUT2D eigenvalue weighted by molar-refractivity contribution is 6.70. The van der Waals surface area contributed by atoms with E-state index >= 15 is 0 Å². The van der Waals surface area contributed by atoms with Gasteiger partial charge in [-0.15, -0.1) is 0 Å². The summed E-state index contributed by atoms with van der Waals surface area (Å²) in [5, 5.41) is 0. The summed E-state index contributed by atoms with van der Waals surface area (Å²) >= 11 is 0. The van der Waals surface area contributed by atoms with E-state index in [0.29, 0.717) is 0 Å². The molecule has 0 aliphatic carbocycles. The van der Waals surface area contributed by atoms with Gasteiger partial charge < -0.3 is 0 Å². The van der Waals surface area contributed by atoms with Crippen LogP contribution in [0.1, 0.15) is 166 Å². The zero-order chi connectivity index (χ0) is 30.8. The molecule has 0 aliphatic heterocycles. The van der Waals surface area contributed by atoms with Crippen molar-refractivity contribution in [1.82, 2.24) is 18.3 Å². The standard InChI is InChI=1S/C32H72N4Si/c1-25(2,3)33(26(4,5)6)37(34(27(7,8)9)28(10,11)12,35(29(13,14)15)30(16,17)18)36(31(19,20)21)32(22,23)24/h1-24H3. The Bertz CT molecular complexity index is 555. The second-order valence-electron chi connectivity index (χ2n) is 19.3. The van der Waals surface area contributed by atoms with Crippen LogP contribution in [0.3, 0.4) is 0 Å². The second kappa shape index (κ2) is 10.2. The highest BCUT2D eigenvalue weighted by Crippen LogP contribution is 2.51. The number of hydrogen-bond donors (Lipinski definition) is 0. The van der Waals surface area contributed by atoms with Gasteiger partial charge in [0.1, 0.15) is 0 Å². The lowest BCUT2D eigenvalue weighted by Gasteiger charge is -2.75. The van der Waals surface area contributed by atoms with E-state index in [2.05, 4.69) is 184 Å². The number of hydrogen-bond acceptors (Lipinski definition) is 4. The average Bonchev–Trinajstić information content (AvgIpc) is 2.30. The molecule has 0 saturated carbocycles. The van der Waals surface area contributed by atoms with Gasteiger partial charge in [-0.1, -0.05) is 0 Å². The first-order valence-electron chi connectivity index (χ1n) is 14.7. The van der Waals surface area contributed by atoms with Crippen molar-refractivity contribution < 1.29 is 0 Å². The van der Waals surface area contributed by atoms with Crippen LogP contribution in [-0.4, -0.2) is 71.3 Å². The van der Waals surface area contributed by atoms with Gasteiger partial charge in [0, 0.05) is 44.3 Å². The van der Waals surface area contributed by atoms with Crippen LogP contribution in [0.25, 0.3) is 0 Å². The minimum atomic E-state index is -3.06. The van der Waals surface area contributed by atoms with E-state index in [4.69, 9.17) is 0 Å². The quantitative estimate of drug-likeness (QED) is 0.330. The van der Waals surface area contributed by atoms with Crippen LogP contribution in [0.4, 0.5) is 0 Å². The maximum atomic E-state index is 2.98. The molecule has 0 fully saturated rings. The summed E-state index contributed by atoms with van der Waals surface area (Å²) in [6.07, 6.45) is 0. The Balaban J connectivity index is 9.26. The van der Waals surface area contributed by atoms with Crippen molar-refractivity contribution in [2.45, 2.75) is 210 Å². The van der Waals surface area contributed by atoms with Crippen molar-refractivity contribution in [3.8, 4) is 0 Å². The van der Waals surface area contributed by atoms with E-state index in [0.717, 1.165) is 0 Å². The monoisotopic (exact) mass is 541 g/mol. The molecule has 37 heavy (non-hydrogen) atoms. The molecule has 0 aliphatic rings. The predicted molar refractivity (Wildman–Crippen MR) is 171 cm³/mol. The van der Waals surface area contributed by atoms with Crippen LogP contribution in [0.5, 0.6) is 0 Å². The van der Waals surface area contributed by atoms with E-state index < -0.39 is 8.72 Å². The van der Waals surface area contributed by atoms with E-state index in [1.54, 1.807) is 0 Å². The minimum absolute atomic E-state index is 0.0945. The van der Waals surface area contributed by atoms with Crippen molar-refractivity contribution in [1.29, 1.82) is 0 Å². The molecule has 0 atom stereocenters. The molecule has 0 unspecified atom stereocenters. The van der Waals surface area contributed by atoms with Crippen molar-refractivity contribution in [2.75, 3.05) is 0 Å². The summed E-state index contributed by atoms with van der Waals surface area (Å²) in [5.41, 5.74) is -0.756. The molecule has 0 amide bonds. The number of rotatable bonds is 4. The molecule has 5 heteroatoms. The maximum absolute atomic E-state index is 3.06. The van der Waals surface area contributed by atoms with E-state index in [1.807, 2.05) is 0 Å². The lowest BCUT2D eigenvalue weighted by Crippen LogP contribution is -2.97. The molecule has 0 bridgehead atoms. The van der Waals surface area contributed by atoms with Crippen LogP contribution in [-0.2, 0) is 0 Å². The van der Waals surface area contributed by atoms with Gasteiger partial charge in [-0.05, 0) is 166 Å². The zero-order valence-electron chi connectivity index (χ0n) is 30.3. The molecule has 4 nitrogen and oxygen atoms in total. The molecule has 0 heterocycles. The molecule has 0 rings (SSSR count). The molecule has 0 spiro atoms. The Morgan fingerprint density at radius 3 is 0.351 bits per heavy atom. The first-order chi connectivity index (χ1) is 15.5. The first kappa shape index (κ1) is 37.1. The fourth-order valence-corrected chi connectivity index (χ4v) is 16.6. The van der Waals surface area contributed by atoms with Crippen LogP contribution < -0.4 is 0 Å². The third-order valence-electron chi connectivity index (χ3n) is 6.57. The molecule has 0 aromatic heterocycles. The van der Waals surface area contributed by atoms with Gasteiger partial charge in [-0.25, -0.2) is 0 Å². The van der Waals surface area contributed by atoms with Gasteiger partial charge in [0.15, 0.2) is 0 Å². The summed E-state index contributed by atoms with van der Waals surface area (Å²) in [5.74, 6) is 0. The summed E-state index contributed by atoms with van der Waals surface area (Å²) in [4.78, 5) is 0. The molecular weight excluding hydrogens is 468 g/mol. The van der Waals surface area contributed by atoms with E-state index in [-0.39, 0.29) is 44.3 Å². The highest BCUT2D eigenvalue weighted by atomic mass is 28.4. The molecule has 0 N–H and O–H groups in total. The number of nitrogens with zero attached hydrogens (tertiary/aromatic N) is 4. The molecule has 0 saturated heterocycles. The molecule has 0 aromatic carbocycles. The van der Waals surface area contributed by atoms with E-state index in [1.165, 1.54) is 0 Å². The Morgan fingerprint density at radius 2 is 0.297 bits per heavy atom. The van der Waals surface area contributed by atoms with Gasteiger partial charge in [-0.3, -0.25) is 18.3 Å². The maximum Gasteiger partial charge on any atom is 0.380 e. The second-order valence-corrected chi connectivity index (χ2v) is 22.3. The van der Waals surface area contributed by atoms with Crippen molar-refractivity contribution in [3.05, 3.63) is 0 Å². The van der Waals surface area contributed by atoms with Gasteiger partial charge in [-0.2, -0.15) is 0 Å². The Morgan fingerprint density at radius 1 is 0.216 bits per heavy atom. The van der Waals surface area contributed by atoms with Crippen LogP contribution in [0.15, 0.2) is 0 Å². The third-order valence-corrected chi connectivity index (χ3v) is 14.3. The van der Waals surface area contributed by atoms with Gasteiger partial charge in [0.2, 0.25) is 0 Å². The topological polar surface area (TPSA) is 13.0 Å². The summed E-state index contributed by atoms with van der Waals surface area (Å²) in [6.45, 7) is 58.6. The van der Waals surface area contributed by atoms with Gasteiger partial charge in [0.25, 0.3) is 0 Å². The Kier molecular flexibility index (Phi) is 10.2. The minimum Gasteiger partial charge on any atom is -0.277 e. The van der Waals surface area contributed by atoms with Crippen LogP contribution >= 0.6 is 0 Å². The molecule has 0 aromatic rings. The van der Waals surface area contributed by atoms with Crippen LogP contribution in [0, 0.1) is 0 Å². The van der Waals surface area contributed by atoms with Crippen molar-refractivity contribution in [3.63, 3.8) is 0 Å². The van der Waals surface area contributed by atoms with Gasteiger partial charge >= 0.3 is 8.72 Å². The van der Waals surface area contributed by atoms with Crippen molar-refractivity contribution in [2.24, 2.45) is 0 Å². The molecule has 224 valence electrons. The molecular formula is C32H72N4Si.